The van der Waals surface area contributed by atoms with Gasteiger partial charge in [-0.05, 0) is 18.9 Å². The van der Waals surface area contributed by atoms with E-state index in [9.17, 15) is 15.5 Å². The minimum atomic E-state index is -0.464. The van der Waals surface area contributed by atoms with Crippen molar-refractivity contribution < 1.29 is 10.2 Å². The molecule has 0 bridgehead atoms. The van der Waals surface area contributed by atoms with Crippen molar-refractivity contribution in [3.8, 4) is 6.07 Å². The number of piperidine rings is 1. The Labute approximate surface area is 127 Å². The maximum Gasteiger partial charge on any atom is 0.129 e. The number of hydrogen-bond donors (Lipinski definition) is 2. The third-order valence-electron chi connectivity index (χ3n) is 4.32. The molecule has 110 valence electrons. The molecule has 0 atom stereocenters. The Bertz CT molecular complexity index is 685. The molecule has 5 heteroatoms. The molecule has 1 saturated heterocycles. The number of benzene rings is 1. The van der Waals surface area contributed by atoms with Crippen LogP contribution in [0.2, 0.25) is 0 Å². The zero-order valence-corrected chi connectivity index (χ0v) is 12.6. The van der Waals surface area contributed by atoms with E-state index in [1.165, 1.54) is 11.3 Å². The Morgan fingerprint density at radius 3 is 2.76 bits per heavy atom. The second-order valence-electron chi connectivity index (χ2n) is 5.73. The Kier molecular flexibility index (Phi) is 3.85. The largest absolute Gasteiger partial charge is 0.396 e. The summed E-state index contributed by atoms with van der Waals surface area (Å²) in [6, 6.07) is 10.3. The van der Waals surface area contributed by atoms with E-state index in [0.29, 0.717) is 11.4 Å². The molecule has 21 heavy (non-hydrogen) atoms. The van der Waals surface area contributed by atoms with Gasteiger partial charge >= 0.3 is 0 Å². The van der Waals surface area contributed by atoms with Crippen molar-refractivity contribution in [2.45, 2.75) is 12.8 Å². The topological polar surface area (TPSA) is 67.5 Å². The number of nitrogens with zero attached hydrogens (tertiary/aromatic N) is 2. The molecule has 1 aromatic heterocycles. The minimum Gasteiger partial charge on any atom is -0.396 e. The first-order valence-corrected chi connectivity index (χ1v) is 7.93. The van der Waals surface area contributed by atoms with Crippen molar-refractivity contribution in [3.05, 3.63) is 29.1 Å². The summed E-state index contributed by atoms with van der Waals surface area (Å²) >= 11 is 1.51. The molecule has 2 aromatic rings. The maximum atomic E-state index is 9.65. The van der Waals surface area contributed by atoms with Crippen LogP contribution in [0.25, 0.3) is 10.1 Å². The van der Waals surface area contributed by atoms with Gasteiger partial charge in [0.25, 0.3) is 0 Å². The number of hydrogen-bond acceptors (Lipinski definition) is 5. The highest BCUT2D eigenvalue weighted by molar-refractivity contribution is 7.20. The highest BCUT2D eigenvalue weighted by Crippen LogP contribution is 2.41. The summed E-state index contributed by atoms with van der Waals surface area (Å²) in [5.74, 6) is 0. The first kappa shape index (κ1) is 14.3. The van der Waals surface area contributed by atoms with Crippen molar-refractivity contribution in [1.29, 1.82) is 5.26 Å². The smallest absolute Gasteiger partial charge is 0.129 e. The molecule has 2 heterocycles. The summed E-state index contributed by atoms with van der Waals surface area (Å²) in [5.41, 5.74) is 0.498. The highest BCUT2D eigenvalue weighted by atomic mass is 32.1. The fourth-order valence-electron chi connectivity index (χ4n) is 3.13. The van der Waals surface area contributed by atoms with Gasteiger partial charge in [-0.3, -0.25) is 0 Å². The number of fused-ring (bicyclic) bond motifs is 1. The highest BCUT2D eigenvalue weighted by Gasteiger charge is 2.36. The third kappa shape index (κ3) is 2.40. The Morgan fingerprint density at radius 2 is 2.05 bits per heavy atom. The normalized spacial score (nSPS) is 17.9. The van der Waals surface area contributed by atoms with Gasteiger partial charge in [-0.25, -0.2) is 0 Å². The lowest BCUT2D eigenvalue weighted by Crippen LogP contribution is -2.47. The van der Waals surface area contributed by atoms with Crippen molar-refractivity contribution in [3.63, 3.8) is 0 Å². The molecule has 1 aliphatic heterocycles. The van der Waals surface area contributed by atoms with Crippen LogP contribution in [-0.4, -0.2) is 36.5 Å². The van der Waals surface area contributed by atoms with Crippen LogP contribution in [0.1, 0.15) is 17.7 Å². The molecular weight excluding hydrogens is 284 g/mol. The molecule has 0 radical (unpaired) electrons. The molecule has 0 saturated carbocycles. The predicted octanol–water partition coefficient (Wildman–Crippen LogP) is 2.34. The molecule has 0 aliphatic carbocycles. The number of aliphatic hydroxyl groups excluding tert-OH is 2. The standard InChI is InChI=1S/C16H18N2O2S/c17-8-14-15(12-4-1-2-5-13(12)21-14)18-7-3-6-16(9-18,10-19)11-20/h1-2,4-5,19-20H,3,6-7,9-11H2. The predicted molar refractivity (Wildman–Crippen MR) is 84.6 cm³/mol. The molecule has 0 unspecified atom stereocenters. The van der Waals surface area contributed by atoms with E-state index in [2.05, 4.69) is 11.0 Å². The number of anilines is 1. The Balaban J connectivity index is 2.06. The first-order valence-electron chi connectivity index (χ1n) is 7.11. The van der Waals surface area contributed by atoms with Crippen LogP contribution in [0.15, 0.2) is 24.3 Å². The van der Waals surface area contributed by atoms with Crippen LogP contribution in [0, 0.1) is 16.7 Å². The molecule has 1 fully saturated rings. The lowest BCUT2D eigenvalue weighted by molar-refractivity contribution is 0.0422. The summed E-state index contributed by atoms with van der Waals surface area (Å²) in [6.07, 6.45) is 1.73. The van der Waals surface area contributed by atoms with Crippen LogP contribution >= 0.6 is 11.3 Å². The molecular formula is C16H18N2O2S. The van der Waals surface area contributed by atoms with Crippen molar-refractivity contribution in [2.75, 3.05) is 31.2 Å². The molecule has 0 amide bonds. The van der Waals surface area contributed by atoms with Gasteiger partial charge in [-0.15, -0.1) is 11.3 Å². The minimum absolute atomic E-state index is 0.0239. The average molecular weight is 302 g/mol. The Morgan fingerprint density at radius 1 is 1.29 bits per heavy atom. The van der Waals surface area contributed by atoms with Gasteiger partial charge in [0.1, 0.15) is 10.9 Å². The second-order valence-corrected chi connectivity index (χ2v) is 6.78. The SMILES string of the molecule is N#Cc1sc2ccccc2c1N1CCCC(CO)(CO)C1. The zero-order valence-electron chi connectivity index (χ0n) is 11.7. The number of nitriles is 1. The second kappa shape index (κ2) is 5.64. The van der Waals surface area contributed by atoms with Crippen LogP contribution < -0.4 is 4.90 Å². The van der Waals surface area contributed by atoms with E-state index in [1.54, 1.807) is 0 Å². The fourth-order valence-corrected chi connectivity index (χ4v) is 4.15. The van der Waals surface area contributed by atoms with Gasteiger partial charge in [-0.1, -0.05) is 18.2 Å². The van der Waals surface area contributed by atoms with Crippen LogP contribution in [0.5, 0.6) is 0 Å². The number of rotatable bonds is 3. The number of thiophene rings is 1. The maximum absolute atomic E-state index is 9.65. The van der Waals surface area contributed by atoms with E-state index in [1.807, 2.05) is 24.3 Å². The summed E-state index contributed by atoms with van der Waals surface area (Å²) in [5, 5.41) is 29.8. The van der Waals surface area contributed by atoms with Gasteiger partial charge in [0.05, 0.1) is 18.9 Å². The zero-order chi connectivity index (χ0) is 14.9. The monoisotopic (exact) mass is 302 g/mol. The third-order valence-corrected chi connectivity index (χ3v) is 5.38. The average Bonchev–Trinajstić information content (AvgIpc) is 2.93. The Hall–Kier alpha value is -1.61. The van der Waals surface area contributed by atoms with E-state index in [0.717, 1.165) is 35.2 Å². The summed E-state index contributed by atoms with van der Waals surface area (Å²) in [6.45, 7) is 1.40. The molecule has 1 aliphatic rings. The van der Waals surface area contributed by atoms with E-state index in [4.69, 9.17) is 0 Å². The summed E-state index contributed by atoms with van der Waals surface area (Å²) in [7, 11) is 0. The van der Waals surface area contributed by atoms with Gasteiger partial charge in [0, 0.05) is 28.6 Å². The molecule has 4 nitrogen and oxygen atoms in total. The van der Waals surface area contributed by atoms with Gasteiger partial charge < -0.3 is 15.1 Å². The fraction of sp³-hybridized carbons (Fsp3) is 0.438. The van der Waals surface area contributed by atoms with Crippen molar-refractivity contribution in [1.82, 2.24) is 0 Å². The lowest BCUT2D eigenvalue weighted by Gasteiger charge is -2.41. The van der Waals surface area contributed by atoms with Crippen molar-refractivity contribution >= 4 is 27.1 Å². The van der Waals surface area contributed by atoms with Crippen LogP contribution in [-0.2, 0) is 0 Å². The van der Waals surface area contributed by atoms with Gasteiger partial charge in [0.15, 0.2) is 0 Å². The van der Waals surface area contributed by atoms with Crippen LogP contribution in [0.3, 0.4) is 0 Å². The molecule has 1 aromatic carbocycles. The summed E-state index contributed by atoms with van der Waals surface area (Å²) < 4.78 is 1.10. The summed E-state index contributed by atoms with van der Waals surface area (Å²) in [4.78, 5) is 2.87. The van der Waals surface area contributed by atoms with Gasteiger partial charge in [-0.2, -0.15) is 5.26 Å². The van der Waals surface area contributed by atoms with Crippen LogP contribution in [0.4, 0.5) is 5.69 Å². The lowest BCUT2D eigenvalue weighted by atomic mass is 9.81. The van der Waals surface area contributed by atoms with Crippen molar-refractivity contribution in [2.24, 2.45) is 5.41 Å². The van der Waals surface area contributed by atoms with E-state index < -0.39 is 5.41 Å². The molecule has 0 spiro atoms. The van der Waals surface area contributed by atoms with E-state index >= 15 is 0 Å². The quantitative estimate of drug-likeness (QED) is 0.913. The van der Waals surface area contributed by atoms with Gasteiger partial charge in [0.2, 0.25) is 0 Å². The molecule has 2 N–H and O–H groups in total. The first-order chi connectivity index (χ1) is 10.2. The number of aliphatic hydroxyl groups is 2. The molecule has 3 rings (SSSR count). The van der Waals surface area contributed by atoms with E-state index in [-0.39, 0.29) is 13.2 Å².